The molecule has 1 saturated heterocycles. The predicted molar refractivity (Wildman–Crippen MR) is 116 cm³/mol. The van der Waals surface area contributed by atoms with Gasteiger partial charge in [0, 0.05) is 19.6 Å². The molecular formula is C26H27NO2. The number of carbonyl (C=O) groups is 1. The number of hydrogen-bond donors (Lipinski definition) is 0. The summed E-state index contributed by atoms with van der Waals surface area (Å²) in [6.07, 6.45) is 1.76. The third-order valence-corrected chi connectivity index (χ3v) is 5.57. The summed E-state index contributed by atoms with van der Waals surface area (Å²) in [6.45, 7) is 2.86. The van der Waals surface area contributed by atoms with Crippen LogP contribution in [-0.2, 0) is 16.1 Å². The number of rotatable bonds is 6. The summed E-state index contributed by atoms with van der Waals surface area (Å²) in [6, 6.07) is 30.4. The largest absolute Gasteiger partial charge is 0.462 e. The van der Waals surface area contributed by atoms with Crippen molar-refractivity contribution in [2.75, 3.05) is 13.1 Å². The Morgan fingerprint density at radius 3 is 1.79 bits per heavy atom. The van der Waals surface area contributed by atoms with Crippen LogP contribution in [0.15, 0.2) is 91.0 Å². The van der Waals surface area contributed by atoms with E-state index in [0.717, 1.165) is 43.6 Å². The number of nitrogens with zero attached hydrogens (tertiary/aromatic N) is 1. The molecule has 4 rings (SSSR count). The first-order chi connectivity index (χ1) is 14.3. The fraction of sp³-hybridized carbons (Fsp3) is 0.269. The van der Waals surface area contributed by atoms with Crippen LogP contribution in [-0.4, -0.2) is 30.1 Å². The maximum absolute atomic E-state index is 13.1. The van der Waals surface area contributed by atoms with E-state index in [4.69, 9.17) is 4.74 Å². The lowest BCUT2D eigenvalue weighted by molar-refractivity contribution is -0.152. The van der Waals surface area contributed by atoms with Crippen LogP contribution in [0, 0.1) is 0 Å². The molecule has 3 aromatic carbocycles. The van der Waals surface area contributed by atoms with Crippen molar-refractivity contribution in [3.05, 3.63) is 108 Å². The van der Waals surface area contributed by atoms with E-state index in [1.165, 1.54) is 5.56 Å². The van der Waals surface area contributed by atoms with Gasteiger partial charge >= 0.3 is 5.97 Å². The molecule has 3 heteroatoms. The van der Waals surface area contributed by atoms with E-state index in [-0.39, 0.29) is 18.0 Å². The molecule has 0 atom stereocenters. The zero-order chi connectivity index (χ0) is 19.9. The second-order valence-electron chi connectivity index (χ2n) is 7.65. The molecular weight excluding hydrogens is 358 g/mol. The van der Waals surface area contributed by atoms with E-state index >= 15 is 0 Å². The molecule has 0 aromatic heterocycles. The average molecular weight is 386 g/mol. The molecule has 0 N–H and O–H groups in total. The van der Waals surface area contributed by atoms with Crippen LogP contribution >= 0.6 is 0 Å². The molecule has 1 aliphatic rings. The van der Waals surface area contributed by atoms with Crippen molar-refractivity contribution in [2.24, 2.45) is 0 Å². The molecule has 0 amide bonds. The number of likely N-dealkylation sites (tertiary alicyclic amines) is 1. The standard InChI is InChI=1S/C26H27NO2/c28-26(25(22-12-6-2-7-13-22)23-14-8-3-9-15-23)29-24-16-18-27(19-17-24)20-21-10-4-1-5-11-21/h1-15,24-25H,16-20H2. The van der Waals surface area contributed by atoms with Gasteiger partial charge in [-0.05, 0) is 29.5 Å². The second kappa shape index (κ2) is 9.53. The number of piperidine rings is 1. The van der Waals surface area contributed by atoms with Gasteiger partial charge in [0.2, 0.25) is 0 Å². The van der Waals surface area contributed by atoms with E-state index in [9.17, 15) is 4.79 Å². The third kappa shape index (κ3) is 5.12. The zero-order valence-corrected chi connectivity index (χ0v) is 16.6. The molecule has 0 radical (unpaired) electrons. The molecule has 0 unspecified atom stereocenters. The molecule has 3 nitrogen and oxygen atoms in total. The number of hydrogen-bond acceptors (Lipinski definition) is 3. The van der Waals surface area contributed by atoms with Crippen molar-refractivity contribution in [1.82, 2.24) is 4.90 Å². The first kappa shape index (κ1) is 19.4. The van der Waals surface area contributed by atoms with Crippen LogP contribution in [0.1, 0.15) is 35.4 Å². The number of benzene rings is 3. The van der Waals surface area contributed by atoms with Crippen molar-refractivity contribution in [3.63, 3.8) is 0 Å². The van der Waals surface area contributed by atoms with Gasteiger partial charge in [-0.2, -0.15) is 0 Å². The molecule has 0 bridgehead atoms. The lowest BCUT2D eigenvalue weighted by Crippen LogP contribution is -2.38. The Hall–Kier alpha value is -2.91. The van der Waals surface area contributed by atoms with Crippen molar-refractivity contribution >= 4 is 5.97 Å². The Morgan fingerprint density at radius 2 is 1.28 bits per heavy atom. The fourth-order valence-corrected chi connectivity index (χ4v) is 4.01. The van der Waals surface area contributed by atoms with E-state index in [2.05, 4.69) is 29.2 Å². The third-order valence-electron chi connectivity index (χ3n) is 5.57. The molecule has 3 aromatic rings. The highest BCUT2D eigenvalue weighted by molar-refractivity contribution is 5.82. The smallest absolute Gasteiger partial charge is 0.318 e. The van der Waals surface area contributed by atoms with Crippen LogP contribution in [0.25, 0.3) is 0 Å². The summed E-state index contributed by atoms with van der Waals surface area (Å²) in [5.74, 6) is -0.524. The zero-order valence-electron chi connectivity index (χ0n) is 16.6. The van der Waals surface area contributed by atoms with Crippen molar-refractivity contribution in [1.29, 1.82) is 0 Å². The summed E-state index contributed by atoms with van der Waals surface area (Å²) < 4.78 is 6.00. The summed E-state index contributed by atoms with van der Waals surface area (Å²) >= 11 is 0. The van der Waals surface area contributed by atoms with Crippen LogP contribution in [0.4, 0.5) is 0 Å². The molecule has 148 valence electrons. The second-order valence-corrected chi connectivity index (χ2v) is 7.65. The van der Waals surface area contributed by atoms with Gasteiger partial charge in [-0.25, -0.2) is 0 Å². The lowest BCUT2D eigenvalue weighted by atomic mass is 9.91. The quantitative estimate of drug-likeness (QED) is 0.558. The topological polar surface area (TPSA) is 29.5 Å². The molecule has 0 aliphatic carbocycles. The van der Waals surface area contributed by atoms with Gasteiger partial charge in [0.15, 0.2) is 0 Å². The average Bonchev–Trinajstić information content (AvgIpc) is 2.78. The minimum Gasteiger partial charge on any atom is -0.462 e. The first-order valence-corrected chi connectivity index (χ1v) is 10.4. The van der Waals surface area contributed by atoms with Crippen LogP contribution in [0.3, 0.4) is 0 Å². The van der Waals surface area contributed by atoms with Gasteiger partial charge in [0.05, 0.1) is 0 Å². The Kier molecular flexibility index (Phi) is 6.38. The van der Waals surface area contributed by atoms with Crippen molar-refractivity contribution in [2.45, 2.75) is 31.4 Å². The van der Waals surface area contributed by atoms with Crippen molar-refractivity contribution in [3.8, 4) is 0 Å². The van der Waals surface area contributed by atoms with Crippen LogP contribution < -0.4 is 0 Å². The molecule has 1 fully saturated rings. The van der Waals surface area contributed by atoms with E-state index in [1.807, 2.05) is 66.7 Å². The number of carbonyl (C=O) groups excluding carboxylic acids is 1. The minimum absolute atomic E-state index is 0.00977. The molecule has 1 heterocycles. The SMILES string of the molecule is O=C(OC1CCN(Cc2ccccc2)CC1)C(c1ccccc1)c1ccccc1. The van der Waals surface area contributed by atoms with Gasteiger partial charge in [-0.15, -0.1) is 0 Å². The summed E-state index contributed by atoms with van der Waals surface area (Å²) in [7, 11) is 0. The van der Waals surface area contributed by atoms with Crippen LogP contribution in [0.5, 0.6) is 0 Å². The Balaban J connectivity index is 1.39. The normalized spacial score (nSPS) is 15.3. The minimum atomic E-state index is -0.375. The summed E-state index contributed by atoms with van der Waals surface area (Å²) in [5.41, 5.74) is 3.28. The van der Waals surface area contributed by atoms with Gasteiger partial charge in [0.25, 0.3) is 0 Å². The Labute approximate surface area is 172 Å². The van der Waals surface area contributed by atoms with Gasteiger partial charge in [0.1, 0.15) is 12.0 Å². The highest BCUT2D eigenvalue weighted by Crippen LogP contribution is 2.28. The van der Waals surface area contributed by atoms with Gasteiger partial charge in [-0.3, -0.25) is 9.69 Å². The fourth-order valence-electron chi connectivity index (χ4n) is 4.01. The summed E-state index contributed by atoms with van der Waals surface area (Å²) in [4.78, 5) is 15.6. The maximum atomic E-state index is 13.1. The van der Waals surface area contributed by atoms with Gasteiger partial charge < -0.3 is 4.74 Å². The number of ether oxygens (including phenoxy) is 1. The van der Waals surface area contributed by atoms with E-state index < -0.39 is 0 Å². The number of esters is 1. The predicted octanol–water partition coefficient (Wildman–Crippen LogP) is 5.03. The summed E-state index contributed by atoms with van der Waals surface area (Å²) in [5, 5.41) is 0. The molecule has 29 heavy (non-hydrogen) atoms. The molecule has 0 spiro atoms. The maximum Gasteiger partial charge on any atom is 0.318 e. The van der Waals surface area contributed by atoms with Crippen LogP contribution in [0.2, 0.25) is 0 Å². The highest BCUT2D eigenvalue weighted by Gasteiger charge is 2.28. The van der Waals surface area contributed by atoms with Crippen molar-refractivity contribution < 1.29 is 9.53 Å². The first-order valence-electron chi connectivity index (χ1n) is 10.4. The van der Waals surface area contributed by atoms with Gasteiger partial charge in [-0.1, -0.05) is 91.0 Å². The Bertz CT molecular complexity index is 848. The lowest BCUT2D eigenvalue weighted by Gasteiger charge is -2.32. The monoisotopic (exact) mass is 385 g/mol. The molecule has 0 saturated carbocycles. The molecule has 1 aliphatic heterocycles. The van der Waals surface area contributed by atoms with E-state index in [1.54, 1.807) is 0 Å². The van der Waals surface area contributed by atoms with E-state index in [0.29, 0.717) is 0 Å². The highest BCUT2D eigenvalue weighted by atomic mass is 16.5. The Morgan fingerprint density at radius 1 is 0.793 bits per heavy atom.